The van der Waals surface area contributed by atoms with Gasteiger partial charge in [-0.1, -0.05) is 40.0 Å². The zero-order chi connectivity index (χ0) is 13.4. The van der Waals surface area contributed by atoms with Gasteiger partial charge in [0.05, 0.1) is 12.6 Å². The van der Waals surface area contributed by atoms with Gasteiger partial charge < -0.3 is 5.32 Å². The molecule has 0 spiro atoms. The average molecular weight is 253 g/mol. The zero-order valence-electron chi connectivity index (χ0n) is 12.2. The lowest BCUT2D eigenvalue weighted by Crippen LogP contribution is -2.22. The number of unbranched alkanes of at least 4 members (excludes halogenated alkanes) is 2. The second kappa shape index (κ2) is 8.19. The third-order valence-electron chi connectivity index (χ3n) is 3.04. The largest absolute Gasteiger partial charge is 0.310 e. The van der Waals surface area contributed by atoms with Crippen molar-refractivity contribution < 1.29 is 0 Å². The fourth-order valence-electron chi connectivity index (χ4n) is 1.96. The quantitative estimate of drug-likeness (QED) is 0.687. The van der Waals surface area contributed by atoms with Crippen LogP contribution >= 0.6 is 0 Å². The summed E-state index contributed by atoms with van der Waals surface area (Å²) in [6, 6.07) is 0.391. The lowest BCUT2D eigenvalue weighted by atomic mass is 10.1. The Balaban J connectivity index is 2.42. The maximum atomic E-state index is 4.11. The summed E-state index contributed by atoms with van der Waals surface area (Å²) < 4.78 is 1.96. The van der Waals surface area contributed by atoms with Gasteiger partial charge in [-0.25, -0.2) is 4.68 Å². The summed E-state index contributed by atoms with van der Waals surface area (Å²) in [6.45, 7) is 10.6. The van der Waals surface area contributed by atoms with E-state index in [-0.39, 0.29) is 0 Å². The first-order valence-corrected chi connectivity index (χ1v) is 7.12. The Morgan fingerprint density at radius 3 is 2.67 bits per heavy atom. The van der Waals surface area contributed by atoms with Crippen LogP contribution in [0.1, 0.15) is 65.2 Å². The molecule has 5 nitrogen and oxygen atoms in total. The predicted octanol–water partition coefficient (Wildman–Crippen LogP) is 2.56. The van der Waals surface area contributed by atoms with Gasteiger partial charge in [-0.05, 0) is 36.2 Å². The normalized spacial score (nSPS) is 13.2. The molecule has 1 rings (SSSR count). The van der Waals surface area contributed by atoms with Gasteiger partial charge in [-0.3, -0.25) is 0 Å². The molecule has 0 fully saturated rings. The fourth-order valence-corrected chi connectivity index (χ4v) is 1.96. The summed E-state index contributed by atoms with van der Waals surface area (Å²) in [4.78, 5) is 0. The molecule has 0 bridgehead atoms. The Hall–Kier alpha value is -0.970. The molecular formula is C13H27N5. The SMILES string of the molecule is CCCCCC(C)n1nnnc1CNCC(C)C. The van der Waals surface area contributed by atoms with Crippen LogP contribution in [0.3, 0.4) is 0 Å². The van der Waals surface area contributed by atoms with Crippen LogP contribution in [-0.4, -0.2) is 26.8 Å². The lowest BCUT2D eigenvalue weighted by Gasteiger charge is -2.13. The van der Waals surface area contributed by atoms with Crippen LogP contribution in [0.25, 0.3) is 0 Å². The summed E-state index contributed by atoms with van der Waals surface area (Å²) in [6.07, 6.45) is 4.94. The van der Waals surface area contributed by atoms with Gasteiger partial charge in [0, 0.05) is 0 Å². The van der Waals surface area contributed by atoms with Crippen molar-refractivity contribution in [1.82, 2.24) is 25.5 Å². The number of hydrogen-bond donors (Lipinski definition) is 1. The van der Waals surface area contributed by atoms with E-state index in [0.717, 1.165) is 25.3 Å². The molecule has 0 saturated heterocycles. The van der Waals surface area contributed by atoms with E-state index in [2.05, 4.69) is 48.5 Å². The lowest BCUT2D eigenvalue weighted by molar-refractivity contribution is 0.408. The van der Waals surface area contributed by atoms with Crippen LogP contribution in [0.5, 0.6) is 0 Å². The minimum atomic E-state index is 0.391. The number of aromatic nitrogens is 4. The highest BCUT2D eigenvalue weighted by Gasteiger charge is 2.12. The van der Waals surface area contributed by atoms with Crippen molar-refractivity contribution in [2.24, 2.45) is 5.92 Å². The highest BCUT2D eigenvalue weighted by molar-refractivity contribution is 4.83. The predicted molar refractivity (Wildman–Crippen MR) is 73.2 cm³/mol. The van der Waals surface area contributed by atoms with E-state index in [9.17, 15) is 0 Å². The second-order valence-electron chi connectivity index (χ2n) is 5.41. The standard InChI is InChI=1S/C13H27N5/c1-5-6-7-8-12(4)18-13(15-16-17-18)10-14-9-11(2)3/h11-12,14H,5-10H2,1-4H3. The van der Waals surface area contributed by atoms with Gasteiger partial charge in [0.1, 0.15) is 0 Å². The molecule has 0 saturated carbocycles. The second-order valence-corrected chi connectivity index (χ2v) is 5.41. The van der Waals surface area contributed by atoms with Crippen LogP contribution in [0, 0.1) is 5.92 Å². The molecule has 104 valence electrons. The number of nitrogens with zero attached hydrogens (tertiary/aromatic N) is 4. The topological polar surface area (TPSA) is 55.6 Å². The first kappa shape index (κ1) is 15.1. The Morgan fingerprint density at radius 1 is 1.22 bits per heavy atom. The van der Waals surface area contributed by atoms with Gasteiger partial charge in [0.2, 0.25) is 0 Å². The van der Waals surface area contributed by atoms with Gasteiger partial charge in [-0.15, -0.1) is 5.10 Å². The first-order valence-electron chi connectivity index (χ1n) is 7.12. The number of rotatable bonds is 9. The molecule has 1 heterocycles. The molecule has 0 radical (unpaired) electrons. The van der Waals surface area contributed by atoms with Crippen molar-refractivity contribution >= 4 is 0 Å². The van der Waals surface area contributed by atoms with E-state index in [1.807, 2.05) is 4.68 Å². The number of tetrazole rings is 1. The number of nitrogens with one attached hydrogen (secondary N) is 1. The summed E-state index contributed by atoms with van der Waals surface area (Å²) in [5.41, 5.74) is 0. The van der Waals surface area contributed by atoms with E-state index < -0.39 is 0 Å². The van der Waals surface area contributed by atoms with Crippen molar-refractivity contribution in [1.29, 1.82) is 0 Å². The highest BCUT2D eigenvalue weighted by atomic mass is 15.6. The molecule has 1 N–H and O–H groups in total. The molecule has 0 aliphatic carbocycles. The maximum absolute atomic E-state index is 4.11. The Bertz CT molecular complexity index is 321. The van der Waals surface area contributed by atoms with Crippen LogP contribution in [-0.2, 0) is 6.54 Å². The Kier molecular flexibility index (Phi) is 6.86. The smallest absolute Gasteiger partial charge is 0.165 e. The molecule has 18 heavy (non-hydrogen) atoms. The molecule has 5 heteroatoms. The van der Waals surface area contributed by atoms with E-state index in [0.29, 0.717) is 12.0 Å². The van der Waals surface area contributed by atoms with Crippen LogP contribution in [0.15, 0.2) is 0 Å². The molecule has 1 aromatic heterocycles. The third kappa shape index (κ3) is 5.12. The maximum Gasteiger partial charge on any atom is 0.165 e. The molecule has 1 unspecified atom stereocenters. The fraction of sp³-hybridized carbons (Fsp3) is 0.923. The molecule has 0 aromatic carbocycles. The molecule has 1 atom stereocenters. The number of hydrogen-bond acceptors (Lipinski definition) is 4. The third-order valence-corrected chi connectivity index (χ3v) is 3.04. The minimum absolute atomic E-state index is 0.391. The monoisotopic (exact) mass is 253 g/mol. The van der Waals surface area contributed by atoms with E-state index in [4.69, 9.17) is 0 Å². The molecule has 0 aliphatic heterocycles. The van der Waals surface area contributed by atoms with E-state index >= 15 is 0 Å². The van der Waals surface area contributed by atoms with Crippen LogP contribution in [0.4, 0.5) is 0 Å². The first-order chi connectivity index (χ1) is 8.65. The summed E-state index contributed by atoms with van der Waals surface area (Å²) in [5, 5.41) is 15.4. The zero-order valence-corrected chi connectivity index (χ0v) is 12.2. The van der Waals surface area contributed by atoms with Crippen molar-refractivity contribution in [3.05, 3.63) is 5.82 Å². The van der Waals surface area contributed by atoms with Crippen molar-refractivity contribution in [3.63, 3.8) is 0 Å². The van der Waals surface area contributed by atoms with E-state index in [1.165, 1.54) is 19.3 Å². The van der Waals surface area contributed by atoms with Crippen molar-refractivity contribution in [2.45, 2.75) is 66.0 Å². The van der Waals surface area contributed by atoms with Gasteiger partial charge >= 0.3 is 0 Å². The summed E-state index contributed by atoms with van der Waals surface area (Å²) in [5.74, 6) is 1.59. The van der Waals surface area contributed by atoms with Crippen LogP contribution < -0.4 is 5.32 Å². The Morgan fingerprint density at radius 2 is 2.00 bits per heavy atom. The molecule has 0 aliphatic rings. The summed E-state index contributed by atoms with van der Waals surface area (Å²) >= 11 is 0. The van der Waals surface area contributed by atoms with Gasteiger partial charge in [0.15, 0.2) is 5.82 Å². The molecule has 0 amide bonds. The molecule has 1 aromatic rings. The van der Waals surface area contributed by atoms with Crippen LogP contribution in [0.2, 0.25) is 0 Å². The van der Waals surface area contributed by atoms with Gasteiger partial charge in [-0.2, -0.15) is 0 Å². The Labute approximate surface area is 110 Å². The van der Waals surface area contributed by atoms with Gasteiger partial charge in [0.25, 0.3) is 0 Å². The molecular weight excluding hydrogens is 226 g/mol. The van der Waals surface area contributed by atoms with Crippen molar-refractivity contribution in [2.75, 3.05) is 6.54 Å². The van der Waals surface area contributed by atoms with Crippen molar-refractivity contribution in [3.8, 4) is 0 Å². The van der Waals surface area contributed by atoms with E-state index in [1.54, 1.807) is 0 Å². The highest BCUT2D eigenvalue weighted by Crippen LogP contribution is 2.14. The summed E-state index contributed by atoms with van der Waals surface area (Å²) in [7, 11) is 0. The average Bonchev–Trinajstić information content (AvgIpc) is 2.77. The minimum Gasteiger partial charge on any atom is -0.310 e.